The number of likely N-dealkylation sites (tertiary alicyclic amines) is 1. The van der Waals surface area contributed by atoms with Gasteiger partial charge in [0.2, 0.25) is 5.91 Å². The van der Waals surface area contributed by atoms with Crippen LogP contribution in [0.1, 0.15) is 28.8 Å². The van der Waals surface area contributed by atoms with Crippen LogP contribution in [0.5, 0.6) is 0 Å². The first-order valence-electron chi connectivity index (χ1n) is 9.20. The number of halogens is 1. The third-order valence-electron chi connectivity index (χ3n) is 4.86. The lowest BCUT2D eigenvalue weighted by atomic mass is 9.96. The summed E-state index contributed by atoms with van der Waals surface area (Å²) in [4.78, 5) is 26.7. The van der Waals surface area contributed by atoms with E-state index in [4.69, 9.17) is 5.73 Å². The van der Waals surface area contributed by atoms with Crippen LogP contribution in [0.2, 0.25) is 0 Å². The largest absolute Gasteiger partial charge is 0.399 e. The van der Waals surface area contributed by atoms with Gasteiger partial charge < -0.3 is 16.0 Å². The summed E-state index contributed by atoms with van der Waals surface area (Å²) in [6.45, 7) is 1.56. The standard InChI is InChI=1S/C21H24FN3O2/c22-18-7-5-16(6-8-18)21(27)25-13-1-2-17(14-25)20(26)24-12-11-15-3-9-19(23)10-4-15/h3-10,17H,1-2,11-14,23H2,(H,24,26). The lowest BCUT2D eigenvalue weighted by Gasteiger charge is -2.32. The average Bonchev–Trinajstić information content (AvgIpc) is 2.69. The van der Waals surface area contributed by atoms with E-state index in [9.17, 15) is 14.0 Å². The van der Waals surface area contributed by atoms with Crippen LogP contribution in [0.3, 0.4) is 0 Å². The van der Waals surface area contributed by atoms with E-state index in [1.165, 1.54) is 24.3 Å². The first kappa shape index (κ1) is 18.9. The average molecular weight is 369 g/mol. The third-order valence-corrected chi connectivity index (χ3v) is 4.86. The van der Waals surface area contributed by atoms with Crippen LogP contribution in [0, 0.1) is 11.7 Å². The summed E-state index contributed by atoms with van der Waals surface area (Å²) >= 11 is 0. The number of hydrogen-bond donors (Lipinski definition) is 2. The zero-order valence-corrected chi connectivity index (χ0v) is 15.2. The quantitative estimate of drug-likeness (QED) is 0.796. The second-order valence-corrected chi connectivity index (χ2v) is 6.88. The van der Waals surface area contributed by atoms with E-state index >= 15 is 0 Å². The molecule has 1 heterocycles. The summed E-state index contributed by atoms with van der Waals surface area (Å²) < 4.78 is 13.0. The molecule has 27 heavy (non-hydrogen) atoms. The molecule has 0 saturated carbocycles. The van der Waals surface area contributed by atoms with Gasteiger partial charge in [-0.2, -0.15) is 0 Å². The van der Waals surface area contributed by atoms with Crippen molar-refractivity contribution >= 4 is 17.5 Å². The van der Waals surface area contributed by atoms with Crippen molar-refractivity contribution in [2.45, 2.75) is 19.3 Å². The molecule has 6 heteroatoms. The highest BCUT2D eigenvalue weighted by Gasteiger charge is 2.28. The van der Waals surface area contributed by atoms with Crippen molar-refractivity contribution in [2.24, 2.45) is 5.92 Å². The summed E-state index contributed by atoms with van der Waals surface area (Å²) in [5, 5.41) is 2.96. The molecule has 5 nitrogen and oxygen atoms in total. The molecule has 1 fully saturated rings. The minimum Gasteiger partial charge on any atom is -0.399 e. The third kappa shape index (κ3) is 5.06. The zero-order chi connectivity index (χ0) is 19.2. The summed E-state index contributed by atoms with van der Waals surface area (Å²) in [5.41, 5.74) is 7.94. The molecule has 0 aromatic heterocycles. The van der Waals surface area contributed by atoms with Crippen molar-refractivity contribution in [3.63, 3.8) is 0 Å². The van der Waals surface area contributed by atoms with Crippen molar-refractivity contribution in [2.75, 3.05) is 25.4 Å². The molecule has 2 aromatic rings. The van der Waals surface area contributed by atoms with Gasteiger partial charge in [0, 0.05) is 30.9 Å². The molecule has 1 unspecified atom stereocenters. The molecular weight excluding hydrogens is 345 g/mol. The number of benzene rings is 2. The van der Waals surface area contributed by atoms with Crippen LogP contribution in [0.4, 0.5) is 10.1 Å². The maximum Gasteiger partial charge on any atom is 0.253 e. The molecule has 3 rings (SSSR count). The summed E-state index contributed by atoms with van der Waals surface area (Å²) in [7, 11) is 0. The van der Waals surface area contributed by atoms with Crippen LogP contribution in [-0.4, -0.2) is 36.3 Å². The van der Waals surface area contributed by atoms with E-state index in [0.29, 0.717) is 25.2 Å². The molecule has 3 N–H and O–H groups in total. The molecule has 1 aliphatic rings. The minimum absolute atomic E-state index is 0.0259. The first-order valence-corrected chi connectivity index (χ1v) is 9.20. The number of carbonyl (C=O) groups excluding carboxylic acids is 2. The van der Waals surface area contributed by atoms with Crippen molar-refractivity contribution in [1.82, 2.24) is 10.2 Å². The number of rotatable bonds is 5. The molecular formula is C21H24FN3O2. The van der Waals surface area contributed by atoms with Crippen LogP contribution in [0.15, 0.2) is 48.5 Å². The zero-order valence-electron chi connectivity index (χ0n) is 15.2. The van der Waals surface area contributed by atoms with Crippen LogP contribution < -0.4 is 11.1 Å². The molecule has 0 spiro atoms. The fourth-order valence-electron chi connectivity index (χ4n) is 3.31. The molecule has 1 aliphatic heterocycles. The number of hydrogen-bond acceptors (Lipinski definition) is 3. The van der Waals surface area contributed by atoms with Crippen molar-refractivity contribution in [3.8, 4) is 0 Å². The summed E-state index contributed by atoms with van der Waals surface area (Å²) in [6.07, 6.45) is 2.28. The van der Waals surface area contributed by atoms with Gasteiger partial charge in [-0.15, -0.1) is 0 Å². The van der Waals surface area contributed by atoms with E-state index < -0.39 is 0 Å². The second kappa shape index (κ2) is 8.66. The summed E-state index contributed by atoms with van der Waals surface area (Å²) in [5.74, 6) is -0.769. The lowest BCUT2D eigenvalue weighted by molar-refractivity contribution is -0.126. The predicted molar refractivity (Wildman–Crippen MR) is 103 cm³/mol. The van der Waals surface area contributed by atoms with Gasteiger partial charge in [-0.25, -0.2) is 4.39 Å². The maximum atomic E-state index is 13.0. The fraction of sp³-hybridized carbons (Fsp3) is 0.333. The van der Waals surface area contributed by atoms with E-state index in [1.807, 2.05) is 24.3 Å². The maximum absolute atomic E-state index is 13.0. The molecule has 2 amide bonds. The number of piperidine rings is 1. The smallest absolute Gasteiger partial charge is 0.253 e. The minimum atomic E-state index is -0.372. The van der Waals surface area contributed by atoms with Gasteiger partial charge in [-0.3, -0.25) is 9.59 Å². The normalized spacial score (nSPS) is 16.8. The van der Waals surface area contributed by atoms with Crippen molar-refractivity contribution in [3.05, 3.63) is 65.5 Å². The number of nitrogens with two attached hydrogens (primary N) is 1. The van der Waals surface area contributed by atoms with Crippen LogP contribution in [-0.2, 0) is 11.2 Å². The number of nitrogens with one attached hydrogen (secondary N) is 1. The van der Waals surface area contributed by atoms with Crippen LogP contribution in [0.25, 0.3) is 0 Å². The Labute approximate surface area is 158 Å². The Bertz CT molecular complexity index is 790. The molecule has 2 aromatic carbocycles. The van der Waals surface area contributed by atoms with Gasteiger partial charge in [0.15, 0.2) is 0 Å². The fourth-order valence-corrected chi connectivity index (χ4v) is 3.31. The number of anilines is 1. The van der Waals surface area contributed by atoms with Crippen molar-refractivity contribution < 1.29 is 14.0 Å². The molecule has 1 atom stereocenters. The van der Waals surface area contributed by atoms with Crippen LogP contribution >= 0.6 is 0 Å². The molecule has 142 valence electrons. The van der Waals surface area contributed by atoms with E-state index in [-0.39, 0.29) is 23.5 Å². The first-order chi connectivity index (χ1) is 13.0. The van der Waals surface area contributed by atoms with Gasteiger partial charge in [0.25, 0.3) is 5.91 Å². The second-order valence-electron chi connectivity index (χ2n) is 6.88. The molecule has 0 radical (unpaired) electrons. The van der Waals surface area contributed by atoms with E-state index in [0.717, 1.165) is 30.5 Å². The Kier molecular flexibility index (Phi) is 6.06. The number of nitrogen functional groups attached to an aromatic ring is 1. The predicted octanol–water partition coefficient (Wildman–Crippen LogP) is 2.62. The van der Waals surface area contributed by atoms with Gasteiger partial charge in [0.05, 0.1) is 5.92 Å². The number of nitrogens with zero attached hydrogens (tertiary/aromatic N) is 1. The van der Waals surface area contributed by atoms with Gasteiger partial charge in [0.1, 0.15) is 5.82 Å². The van der Waals surface area contributed by atoms with E-state index in [1.54, 1.807) is 4.90 Å². The van der Waals surface area contributed by atoms with E-state index in [2.05, 4.69) is 5.32 Å². The topological polar surface area (TPSA) is 75.4 Å². The highest BCUT2D eigenvalue weighted by Crippen LogP contribution is 2.19. The number of carbonyl (C=O) groups is 2. The highest BCUT2D eigenvalue weighted by molar-refractivity contribution is 5.94. The number of amides is 2. The highest BCUT2D eigenvalue weighted by atomic mass is 19.1. The molecule has 1 saturated heterocycles. The SMILES string of the molecule is Nc1ccc(CCNC(=O)C2CCCN(C(=O)c3ccc(F)cc3)C2)cc1. The van der Waals surface area contributed by atoms with Gasteiger partial charge >= 0.3 is 0 Å². The Morgan fingerprint density at radius 1 is 1.11 bits per heavy atom. The monoisotopic (exact) mass is 369 g/mol. The Morgan fingerprint density at radius 3 is 2.52 bits per heavy atom. The lowest BCUT2D eigenvalue weighted by Crippen LogP contribution is -2.45. The van der Waals surface area contributed by atoms with Gasteiger partial charge in [-0.1, -0.05) is 12.1 Å². The summed E-state index contributed by atoms with van der Waals surface area (Å²) in [6, 6.07) is 13.1. The Morgan fingerprint density at radius 2 is 1.81 bits per heavy atom. The van der Waals surface area contributed by atoms with Crippen molar-refractivity contribution in [1.29, 1.82) is 0 Å². The Balaban J connectivity index is 1.50. The van der Waals surface area contributed by atoms with Gasteiger partial charge in [-0.05, 0) is 61.2 Å². The molecule has 0 aliphatic carbocycles. The Hall–Kier alpha value is -2.89. The molecule has 0 bridgehead atoms.